The van der Waals surface area contributed by atoms with Gasteiger partial charge < -0.3 is 21.0 Å². The van der Waals surface area contributed by atoms with Gasteiger partial charge in [0.2, 0.25) is 5.91 Å². The van der Waals surface area contributed by atoms with Gasteiger partial charge in [-0.15, -0.1) is 11.3 Å². The van der Waals surface area contributed by atoms with Crippen molar-refractivity contribution in [2.24, 2.45) is 5.73 Å². The maximum Gasteiger partial charge on any atom is 0.251 e. The van der Waals surface area contributed by atoms with Gasteiger partial charge >= 0.3 is 0 Å². The van der Waals surface area contributed by atoms with Crippen LogP contribution in [-0.2, 0) is 22.4 Å². The van der Waals surface area contributed by atoms with Crippen LogP contribution in [0.15, 0.2) is 0 Å². The molecule has 2 rings (SSSR count). The SMILES string of the molecule is NC(=O)c1c(NC(=O)CCCC(=O)[O-])sc2c1CCCCC2. The van der Waals surface area contributed by atoms with Crippen LogP contribution < -0.4 is 16.2 Å². The molecule has 1 aliphatic rings. The molecule has 2 amide bonds. The fourth-order valence-electron chi connectivity index (χ4n) is 2.67. The van der Waals surface area contributed by atoms with E-state index < -0.39 is 11.9 Å². The van der Waals surface area contributed by atoms with Crippen LogP contribution in [0.5, 0.6) is 0 Å². The number of rotatable bonds is 6. The van der Waals surface area contributed by atoms with Crippen molar-refractivity contribution in [3.63, 3.8) is 0 Å². The Morgan fingerprint density at radius 2 is 1.86 bits per heavy atom. The molecule has 120 valence electrons. The highest BCUT2D eigenvalue weighted by atomic mass is 32.1. The number of anilines is 1. The van der Waals surface area contributed by atoms with E-state index in [4.69, 9.17) is 5.73 Å². The minimum Gasteiger partial charge on any atom is -0.550 e. The van der Waals surface area contributed by atoms with Crippen LogP contribution in [0.1, 0.15) is 59.3 Å². The Hall–Kier alpha value is -1.89. The lowest BCUT2D eigenvalue weighted by atomic mass is 10.1. The van der Waals surface area contributed by atoms with Gasteiger partial charge in [-0.3, -0.25) is 9.59 Å². The molecule has 1 heterocycles. The largest absolute Gasteiger partial charge is 0.550 e. The first-order chi connectivity index (χ1) is 10.5. The van der Waals surface area contributed by atoms with E-state index in [-0.39, 0.29) is 25.2 Å². The van der Waals surface area contributed by atoms with E-state index in [0.717, 1.165) is 42.5 Å². The van der Waals surface area contributed by atoms with Gasteiger partial charge in [-0.05, 0) is 44.1 Å². The van der Waals surface area contributed by atoms with E-state index in [0.29, 0.717) is 10.6 Å². The zero-order valence-corrected chi connectivity index (χ0v) is 13.1. The molecule has 3 N–H and O–H groups in total. The van der Waals surface area contributed by atoms with Gasteiger partial charge in [-0.2, -0.15) is 0 Å². The number of amides is 2. The molecule has 7 heteroatoms. The number of nitrogens with one attached hydrogen (secondary N) is 1. The summed E-state index contributed by atoms with van der Waals surface area (Å²) >= 11 is 1.41. The Kier molecular flexibility index (Phi) is 5.54. The average molecular weight is 323 g/mol. The van der Waals surface area contributed by atoms with Gasteiger partial charge in [0.25, 0.3) is 5.91 Å². The van der Waals surface area contributed by atoms with Crippen LogP contribution in [-0.4, -0.2) is 17.8 Å². The molecule has 0 fully saturated rings. The van der Waals surface area contributed by atoms with E-state index in [9.17, 15) is 19.5 Å². The molecule has 0 saturated carbocycles. The third kappa shape index (κ3) is 4.07. The lowest BCUT2D eigenvalue weighted by Crippen LogP contribution is -2.22. The van der Waals surface area contributed by atoms with Crippen molar-refractivity contribution < 1.29 is 19.5 Å². The monoisotopic (exact) mass is 323 g/mol. The van der Waals surface area contributed by atoms with Gasteiger partial charge in [-0.25, -0.2) is 0 Å². The van der Waals surface area contributed by atoms with Crippen molar-refractivity contribution in [3.8, 4) is 0 Å². The molecule has 0 bridgehead atoms. The van der Waals surface area contributed by atoms with Crippen LogP contribution in [0.25, 0.3) is 0 Å². The van der Waals surface area contributed by atoms with Crippen LogP contribution in [0.3, 0.4) is 0 Å². The van der Waals surface area contributed by atoms with E-state index in [1.54, 1.807) is 0 Å². The van der Waals surface area contributed by atoms with Crippen molar-refractivity contribution >= 4 is 34.1 Å². The number of carbonyl (C=O) groups excluding carboxylic acids is 3. The van der Waals surface area contributed by atoms with Crippen molar-refractivity contribution in [1.29, 1.82) is 0 Å². The Balaban J connectivity index is 2.11. The summed E-state index contributed by atoms with van der Waals surface area (Å²) < 4.78 is 0. The maximum atomic E-state index is 11.9. The highest BCUT2D eigenvalue weighted by Crippen LogP contribution is 2.37. The molecular formula is C15H19N2O4S-. The number of fused-ring (bicyclic) bond motifs is 1. The first-order valence-corrected chi connectivity index (χ1v) is 8.24. The number of aryl methyl sites for hydroxylation is 1. The number of carboxylic acid groups (broad SMARTS) is 1. The molecule has 6 nitrogen and oxygen atoms in total. The van der Waals surface area contributed by atoms with E-state index in [1.807, 2.05) is 0 Å². The fourth-order valence-corrected chi connectivity index (χ4v) is 3.98. The maximum absolute atomic E-state index is 11.9. The van der Waals surface area contributed by atoms with Gasteiger partial charge in [-0.1, -0.05) is 6.42 Å². The second-order valence-corrected chi connectivity index (χ2v) is 6.51. The van der Waals surface area contributed by atoms with Gasteiger partial charge in [0.15, 0.2) is 0 Å². The number of carboxylic acids is 1. The molecule has 1 aromatic rings. The Labute approximate surface area is 132 Å². The molecule has 22 heavy (non-hydrogen) atoms. The molecule has 0 aliphatic heterocycles. The number of carbonyl (C=O) groups is 3. The summed E-state index contributed by atoms with van der Waals surface area (Å²) in [5.74, 6) is -2.00. The summed E-state index contributed by atoms with van der Waals surface area (Å²) in [6.07, 6.45) is 5.07. The standard InChI is InChI=1S/C15H20N2O4S/c16-14(21)13-9-5-2-1-3-6-10(9)22-15(13)17-11(18)7-4-8-12(19)20/h1-8H2,(H2,16,21)(H,17,18)(H,19,20)/p-1. The Morgan fingerprint density at radius 1 is 1.14 bits per heavy atom. The zero-order valence-electron chi connectivity index (χ0n) is 12.3. The number of thiophene rings is 1. The molecule has 1 aliphatic carbocycles. The summed E-state index contributed by atoms with van der Waals surface area (Å²) in [5.41, 5.74) is 6.88. The summed E-state index contributed by atoms with van der Waals surface area (Å²) in [6.45, 7) is 0. The quantitative estimate of drug-likeness (QED) is 0.760. The van der Waals surface area contributed by atoms with Crippen molar-refractivity contribution in [3.05, 3.63) is 16.0 Å². The number of primary amides is 1. The van der Waals surface area contributed by atoms with Crippen LogP contribution >= 0.6 is 11.3 Å². The smallest absolute Gasteiger partial charge is 0.251 e. The van der Waals surface area contributed by atoms with Crippen LogP contribution in [0.2, 0.25) is 0 Å². The molecule has 0 aromatic carbocycles. The second-order valence-electron chi connectivity index (χ2n) is 5.41. The molecule has 0 spiro atoms. The van der Waals surface area contributed by atoms with Crippen molar-refractivity contribution in [1.82, 2.24) is 0 Å². The van der Waals surface area contributed by atoms with E-state index >= 15 is 0 Å². The summed E-state index contributed by atoms with van der Waals surface area (Å²) in [6, 6.07) is 0. The van der Waals surface area contributed by atoms with Gasteiger partial charge in [0.05, 0.1) is 5.56 Å². The first kappa shape index (κ1) is 16.5. The summed E-state index contributed by atoms with van der Waals surface area (Å²) in [4.78, 5) is 35.1. The topological polar surface area (TPSA) is 112 Å². The number of hydrogen-bond donors (Lipinski definition) is 2. The lowest BCUT2D eigenvalue weighted by Gasteiger charge is -2.06. The van der Waals surface area contributed by atoms with Crippen LogP contribution in [0.4, 0.5) is 5.00 Å². The normalized spacial score (nSPS) is 14.0. The van der Waals surface area contributed by atoms with E-state index in [1.165, 1.54) is 11.3 Å². The Bertz CT molecular complexity index is 595. The minimum absolute atomic E-state index is 0.0781. The molecular weight excluding hydrogens is 304 g/mol. The highest BCUT2D eigenvalue weighted by molar-refractivity contribution is 7.17. The highest BCUT2D eigenvalue weighted by Gasteiger charge is 2.24. The predicted octanol–water partition coefficient (Wildman–Crippen LogP) is 0.975. The first-order valence-electron chi connectivity index (χ1n) is 7.43. The number of aliphatic carboxylic acids is 1. The second kappa shape index (κ2) is 7.40. The van der Waals surface area contributed by atoms with Gasteiger partial charge in [0, 0.05) is 17.3 Å². The van der Waals surface area contributed by atoms with Crippen molar-refractivity contribution in [2.75, 3.05) is 5.32 Å². The molecule has 0 radical (unpaired) electrons. The fraction of sp³-hybridized carbons (Fsp3) is 0.533. The third-order valence-electron chi connectivity index (χ3n) is 3.71. The Morgan fingerprint density at radius 3 is 2.55 bits per heavy atom. The molecule has 1 aromatic heterocycles. The number of nitrogens with two attached hydrogens (primary N) is 1. The van der Waals surface area contributed by atoms with Gasteiger partial charge in [0.1, 0.15) is 5.00 Å². The minimum atomic E-state index is -1.17. The predicted molar refractivity (Wildman–Crippen MR) is 81.6 cm³/mol. The summed E-state index contributed by atoms with van der Waals surface area (Å²) in [5, 5.41) is 13.6. The third-order valence-corrected chi connectivity index (χ3v) is 4.91. The lowest BCUT2D eigenvalue weighted by molar-refractivity contribution is -0.305. The van der Waals surface area contributed by atoms with Crippen molar-refractivity contribution in [2.45, 2.75) is 51.4 Å². The molecule has 0 unspecified atom stereocenters. The average Bonchev–Trinajstić information content (AvgIpc) is 2.60. The number of hydrogen-bond acceptors (Lipinski definition) is 5. The van der Waals surface area contributed by atoms with E-state index in [2.05, 4.69) is 5.32 Å². The molecule has 0 atom stereocenters. The zero-order chi connectivity index (χ0) is 16.1. The van der Waals surface area contributed by atoms with Crippen LogP contribution in [0, 0.1) is 0 Å². The molecule has 0 saturated heterocycles. The summed E-state index contributed by atoms with van der Waals surface area (Å²) in [7, 11) is 0.